The molecule has 2 aromatic carbocycles. The highest BCUT2D eigenvalue weighted by Gasteiger charge is 2.10. The molecule has 0 unspecified atom stereocenters. The van der Waals surface area contributed by atoms with E-state index in [9.17, 15) is 0 Å². The van der Waals surface area contributed by atoms with Crippen molar-refractivity contribution in [3.63, 3.8) is 0 Å². The number of aromatic nitrogens is 2. The lowest BCUT2D eigenvalue weighted by atomic mass is 10.2. The minimum atomic E-state index is 0.134. The molecular weight excluding hydrogens is 339 g/mol. The molecule has 0 aliphatic heterocycles. The zero-order chi connectivity index (χ0) is 16.2. The molecule has 0 saturated carbocycles. The van der Waals surface area contributed by atoms with Crippen LogP contribution in [0.5, 0.6) is 11.5 Å². The van der Waals surface area contributed by atoms with Crippen LogP contribution in [0.1, 0.15) is 5.89 Å². The van der Waals surface area contributed by atoms with Crippen molar-refractivity contribution in [1.82, 2.24) is 10.1 Å². The first-order valence-corrected chi connectivity index (χ1v) is 7.46. The van der Waals surface area contributed by atoms with E-state index in [2.05, 4.69) is 10.1 Å². The minimum absolute atomic E-state index is 0.134. The number of halogens is 2. The Bertz CT molecular complexity index is 821. The van der Waals surface area contributed by atoms with Crippen molar-refractivity contribution in [3.05, 3.63) is 58.4 Å². The van der Waals surface area contributed by atoms with E-state index in [1.807, 2.05) is 24.3 Å². The summed E-state index contributed by atoms with van der Waals surface area (Å²) in [5.41, 5.74) is 0.800. The summed E-state index contributed by atoms with van der Waals surface area (Å²) in [4.78, 5) is 4.29. The monoisotopic (exact) mass is 350 g/mol. The molecule has 0 aliphatic rings. The van der Waals surface area contributed by atoms with Crippen LogP contribution < -0.4 is 9.47 Å². The SMILES string of the molecule is COc1cccc(-c2noc(COc3ccc(Cl)c(Cl)c3)n2)c1. The molecule has 0 saturated heterocycles. The molecule has 0 N–H and O–H groups in total. The Labute approximate surface area is 142 Å². The first-order chi connectivity index (χ1) is 11.2. The summed E-state index contributed by atoms with van der Waals surface area (Å²) in [6.07, 6.45) is 0. The van der Waals surface area contributed by atoms with Gasteiger partial charge in [-0.15, -0.1) is 0 Å². The average Bonchev–Trinajstić information content (AvgIpc) is 3.05. The van der Waals surface area contributed by atoms with E-state index in [-0.39, 0.29) is 6.61 Å². The fourth-order valence-electron chi connectivity index (χ4n) is 1.90. The molecule has 1 heterocycles. The van der Waals surface area contributed by atoms with Crippen molar-refractivity contribution >= 4 is 23.2 Å². The molecule has 3 rings (SSSR count). The molecule has 1 aromatic heterocycles. The molecule has 0 spiro atoms. The van der Waals surface area contributed by atoms with Gasteiger partial charge in [0.05, 0.1) is 17.2 Å². The van der Waals surface area contributed by atoms with E-state index in [4.69, 9.17) is 37.2 Å². The Kier molecular flexibility index (Phi) is 4.69. The highest BCUT2D eigenvalue weighted by Crippen LogP contribution is 2.27. The van der Waals surface area contributed by atoms with Crippen LogP contribution in [0.15, 0.2) is 47.0 Å². The zero-order valence-corrected chi connectivity index (χ0v) is 13.6. The summed E-state index contributed by atoms with van der Waals surface area (Å²) in [6, 6.07) is 12.4. The molecule has 0 aliphatic carbocycles. The molecule has 0 bridgehead atoms. The van der Waals surface area contributed by atoms with Gasteiger partial charge in [0.15, 0.2) is 6.61 Å². The second kappa shape index (κ2) is 6.89. The fourth-order valence-corrected chi connectivity index (χ4v) is 2.19. The lowest BCUT2D eigenvalue weighted by molar-refractivity contribution is 0.243. The summed E-state index contributed by atoms with van der Waals surface area (Å²) in [6.45, 7) is 0.134. The predicted octanol–water partition coefficient (Wildman–Crippen LogP) is 4.63. The van der Waals surface area contributed by atoms with Gasteiger partial charge in [0.2, 0.25) is 5.82 Å². The molecule has 0 atom stereocenters. The maximum atomic E-state index is 5.93. The third kappa shape index (κ3) is 3.75. The lowest BCUT2D eigenvalue weighted by Crippen LogP contribution is -1.95. The van der Waals surface area contributed by atoms with E-state index in [0.717, 1.165) is 11.3 Å². The number of ether oxygens (including phenoxy) is 2. The Balaban J connectivity index is 1.70. The van der Waals surface area contributed by atoms with Gasteiger partial charge in [0, 0.05) is 11.6 Å². The van der Waals surface area contributed by atoms with Crippen LogP contribution in [0.25, 0.3) is 11.4 Å². The van der Waals surface area contributed by atoms with Crippen molar-refractivity contribution in [2.24, 2.45) is 0 Å². The van der Waals surface area contributed by atoms with Gasteiger partial charge in [-0.05, 0) is 24.3 Å². The number of benzene rings is 2. The van der Waals surface area contributed by atoms with Crippen molar-refractivity contribution in [2.45, 2.75) is 6.61 Å². The van der Waals surface area contributed by atoms with E-state index >= 15 is 0 Å². The third-order valence-electron chi connectivity index (χ3n) is 3.05. The van der Waals surface area contributed by atoms with E-state index in [0.29, 0.717) is 27.5 Å². The van der Waals surface area contributed by atoms with E-state index < -0.39 is 0 Å². The van der Waals surface area contributed by atoms with Gasteiger partial charge in [-0.1, -0.05) is 40.5 Å². The summed E-state index contributed by atoms with van der Waals surface area (Å²) in [7, 11) is 1.60. The minimum Gasteiger partial charge on any atom is -0.497 e. The van der Waals surface area contributed by atoms with Gasteiger partial charge in [-0.3, -0.25) is 0 Å². The Morgan fingerprint density at radius 1 is 1.04 bits per heavy atom. The van der Waals surface area contributed by atoms with Crippen LogP contribution in [0.3, 0.4) is 0 Å². The Morgan fingerprint density at radius 3 is 2.70 bits per heavy atom. The van der Waals surface area contributed by atoms with Gasteiger partial charge < -0.3 is 14.0 Å². The van der Waals surface area contributed by atoms with Gasteiger partial charge in [-0.2, -0.15) is 4.98 Å². The van der Waals surface area contributed by atoms with Crippen molar-refractivity contribution in [2.75, 3.05) is 7.11 Å². The third-order valence-corrected chi connectivity index (χ3v) is 3.79. The van der Waals surface area contributed by atoms with Crippen LogP contribution in [-0.2, 0) is 6.61 Å². The van der Waals surface area contributed by atoms with Crippen molar-refractivity contribution < 1.29 is 14.0 Å². The van der Waals surface area contributed by atoms with Crippen LogP contribution in [0.4, 0.5) is 0 Å². The Morgan fingerprint density at radius 2 is 1.91 bits per heavy atom. The largest absolute Gasteiger partial charge is 0.497 e. The van der Waals surface area contributed by atoms with Crippen LogP contribution in [0.2, 0.25) is 10.0 Å². The van der Waals surface area contributed by atoms with Gasteiger partial charge >= 0.3 is 0 Å². The Hall–Kier alpha value is -2.24. The normalized spacial score (nSPS) is 10.6. The summed E-state index contributed by atoms with van der Waals surface area (Å²) in [5.74, 6) is 2.12. The molecular formula is C16H12Cl2N2O3. The smallest absolute Gasteiger partial charge is 0.264 e. The van der Waals surface area contributed by atoms with Crippen molar-refractivity contribution in [1.29, 1.82) is 0 Å². The van der Waals surface area contributed by atoms with Crippen LogP contribution in [-0.4, -0.2) is 17.3 Å². The van der Waals surface area contributed by atoms with Gasteiger partial charge in [0.25, 0.3) is 5.89 Å². The first kappa shape index (κ1) is 15.6. The average molecular weight is 351 g/mol. The highest BCUT2D eigenvalue weighted by atomic mass is 35.5. The van der Waals surface area contributed by atoms with E-state index in [1.54, 1.807) is 25.3 Å². The zero-order valence-electron chi connectivity index (χ0n) is 12.1. The second-order valence-corrected chi connectivity index (χ2v) is 5.42. The quantitative estimate of drug-likeness (QED) is 0.671. The molecule has 0 radical (unpaired) electrons. The van der Waals surface area contributed by atoms with Crippen molar-refractivity contribution in [3.8, 4) is 22.9 Å². The number of methoxy groups -OCH3 is 1. The molecule has 23 heavy (non-hydrogen) atoms. The van der Waals surface area contributed by atoms with Crippen LogP contribution in [0, 0.1) is 0 Å². The summed E-state index contributed by atoms with van der Waals surface area (Å²) in [5, 5.41) is 4.83. The lowest BCUT2D eigenvalue weighted by Gasteiger charge is -2.04. The molecule has 3 aromatic rings. The summed E-state index contributed by atoms with van der Waals surface area (Å²) >= 11 is 11.8. The molecule has 118 valence electrons. The number of rotatable bonds is 5. The number of hydrogen-bond acceptors (Lipinski definition) is 5. The number of nitrogens with zero attached hydrogens (tertiary/aromatic N) is 2. The molecule has 0 amide bonds. The molecule has 0 fully saturated rings. The second-order valence-electron chi connectivity index (χ2n) is 4.61. The van der Waals surface area contributed by atoms with Gasteiger partial charge in [-0.25, -0.2) is 0 Å². The molecule has 5 nitrogen and oxygen atoms in total. The first-order valence-electron chi connectivity index (χ1n) is 6.70. The topological polar surface area (TPSA) is 57.4 Å². The molecule has 7 heteroatoms. The maximum absolute atomic E-state index is 5.93. The number of hydrogen-bond donors (Lipinski definition) is 0. The summed E-state index contributed by atoms with van der Waals surface area (Å²) < 4.78 is 15.9. The van der Waals surface area contributed by atoms with E-state index in [1.165, 1.54) is 0 Å². The maximum Gasteiger partial charge on any atom is 0.264 e. The van der Waals surface area contributed by atoms with Gasteiger partial charge in [0.1, 0.15) is 11.5 Å². The predicted molar refractivity (Wildman–Crippen MR) is 87.1 cm³/mol. The highest BCUT2D eigenvalue weighted by molar-refractivity contribution is 6.42. The standard InChI is InChI=1S/C16H12Cl2N2O3/c1-21-11-4-2-3-10(7-11)16-19-15(23-20-16)9-22-12-5-6-13(17)14(18)8-12/h2-8H,9H2,1H3. The van der Waals surface area contributed by atoms with Crippen LogP contribution >= 0.6 is 23.2 Å². The fraction of sp³-hybridized carbons (Fsp3) is 0.125.